The lowest BCUT2D eigenvalue weighted by Crippen LogP contribution is -1.68. The van der Waals surface area contributed by atoms with Gasteiger partial charge in [0.2, 0.25) is 0 Å². The minimum atomic E-state index is 0.629. The molecule has 2 atom stereocenters. The Morgan fingerprint density at radius 2 is 2.67 bits per heavy atom. The fourth-order valence-electron chi connectivity index (χ4n) is 0.889. The van der Waals surface area contributed by atoms with Crippen molar-refractivity contribution in [1.29, 1.82) is 0 Å². The van der Waals surface area contributed by atoms with Crippen molar-refractivity contribution in [2.75, 3.05) is 0 Å². The zero-order valence-electron chi connectivity index (χ0n) is 3.52. The zero-order valence-corrected chi connectivity index (χ0v) is 5.68. The summed E-state index contributed by atoms with van der Waals surface area (Å²) in [6.45, 7) is 0. The van der Waals surface area contributed by atoms with E-state index in [1.54, 1.807) is 6.42 Å². The largest absolute Gasteiger partial charge is 0.123 e. The van der Waals surface area contributed by atoms with E-state index in [0.717, 1.165) is 0 Å². The first-order valence-corrected chi connectivity index (χ1v) is 4.89. The van der Waals surface area contributed by atoms with E-state index in [0.29, 0.717) is 20.7 Å². The minimum absolute atomic E-state index is 0.629. The molecule has 2 aliphatic rings. The lowest BCUT2D eigenvalue weighted by atomic mass is 10.3. The van der Waals surface area contributed by atoms with E-state index in [1.807, 2.05) is 0 Å². The third-order valence-corrected chi connectivity index (χ3v) is 4.95. The van der Waals surface area contributed by atoms with Gasteiger partial charge >= 0.3 is 0 Å². The van der Waals surface area contributed by atoms with Gasteiger partial charge in [-0.2, -0.15) is 0 Å². The number of hydrogen-bond acceptors (Lipinski definition) is 0. The van der Waals surface area contributed by atoms with Crippen LogP contribution in [0.25, 0.3) is 0 Å². The van der Waals surface area contributed by atoms with Crippen LogP contribution in [0, 0.1) is 5.92 Å². The average Bonchev–Trinajstić information content (AvgIpc) is 2.17. The SMILES string of the molecule is C1=IC2CC2C1. The molecule has 0 aromatic carbocycles. The van der Waals surface area contributed by atoms with Crippen molar-refractivity contribution in [1.82, 2.24) is 0 Å². The van der Waals surface area contributed by atoms with Crippen LogP contribution in [0.15, 0.2) is 0 Å². The monoisotopic (exact) mass is 194 g/mol. The highest BCUT2D eigenvalue weighted by Crippen LogP contribution is 2.48. The van der Waals surface area contributed by atoms with E-state index in [9.17, 15) is 0 Å². The van der Waals surface area contributed by atoms with Crippen LogP contribution < -0.4 is 0 Å². The molecule has 0 radical (unpaired) electrons. The maximum atomic E-state index is 2.54. The molecule has 0 nitrogen and oxygen atoms in total. The second kappa shape index (κ2) is 1.05. The Morgan fingerprint density at radius 3 is 2.83 bits per heavy atom. The van der Waals surface area contributed by atoms with Crippen molar-refractivity contribution in [2.45, 2.75) is 16.8 Å². The standard InChI is InChI=1S/C5H7I/c1-2-6-5-3-4(1)5/h2,4-5H,1,3H2. The number of hydrogen-bond donors (Lipinski definition) is 0. The summed E-state index contributed by atoms with van der Waals surface area (Å²) in [7, 11) is 0. The Balaban J connectivity index is 2.26. The normalized spacial score (nSPS) is 50.7. The first-order chi connectivity index (χ1) is 2.97. The van der Waals surface area contributed by atoms with Crippen molar-refractivity contribution in [3.63, 3.8) is 0 Å². The first-order valence-electron chi connectivity index (χ1n) is 2.40. The predicted octanol–water partition coefficient (Wildman–Crippen LogP) is 1.55. The first kappa shape index (κ1) is 3.58. The molecule has 0 N–H and O–H groups in total. The molecule has 0 bridgehead atoms. The smallest absolute Gasteiger partial charge is 0.00941 e. The molecule has 0 amide bonds. The molecule has 6 heavy (non-hydrogen) atoms. The second-order valence-electron chi connectivity index (χ2n) is 2.03. The summed E-state index contributed by atoms with van der Waals surface area (Å²) in [5.74, 6) is 1.21. The maximum absolute atomic E-state index is 2.54. The minimum Gasteiger partial charge on any atom is -0.123 e. The van der Waals surface area contributed by atoms with Crippen molar-refractivity contribution in [3.8, 4) is 0 Å². The third-order valence-electron chi connectivity index (χ3n) is 1.48. The quantitative estimate of drug-likeness (QED) is 0.405. The van der Waals surface area contributed by atoms with E-state index < -0.39 is 0 Å². The van der Waals surface area contributed by atoms with Gasteiger partial charge in [-0.05, 0) is 18.8 Å². The molecular formula is C5H7I. The molecule has 1 aliphatic heterocycles. The van der Waals surface area contributed by atoms with Gasteiger partial charge in [-0.3, -0.25) is 0 Å². The topological polar surface area (TPSA) is 0 Å². The molecule has 2 rings (SSSR count). The molecule has 1 heteroatoms. The van der Waals surface area contributed by atoms with Crippen LogP contribution in [0.4, 0.5) is 0 Å². The van der Waals surface area contributed by atoms with Gasteiger partial charge in [0.05, 0.1) is 0 Å². The molecule has 1 saturated carbocycles. The van der Waals surface area contributed by atoms with E-state index in [2.05, 4.69) is 4.01 Å². The summed E-state index contributed by atoms with van der Waals surface area (Å²) < 4.78 is 3.81. The fraction of sp³-hybridized carbons (Fsp3) is 0.800. The number of fused-ring (bicyclic) bond motifs is 1. The zero-order chi connectivity index (χ0) is 3.98. The van der Waals surface area contributed by atoms with Gasteiger partial charge in [0.15, 0.2) is 0 Å². The van der Waals surface area contributed by atoms with Crippen LogP contribution in [0.2, 0.25) is 0 Å². The van der Waals surface area contributed by atoms with Crippen LogP contribution in [0.3, 0.4) is 0 Å². The highest BCUT2D eigenvalue weighted by atomic mass is 127. The van der Waals surface area contributed by atoms with Crippen LogP contribution in [-0.4, -0.2) is 7.94 Å². The molecule has 1 heterocycles. The maximum Gasteiger partial charge on any atom is 0.00941 e. The van der Waals surface area contributed by atoms with Gasteiger partial charge in [0.25, 0.3) is 0 Å². The molecule has 34 valence electrons. The van der Waals surface area contributed by atoms with E-state index >= 15 is 0 Å². The lowest BCUT2D eigenvalue weighted by molar-refractivity contribution is 0.929. The van der Waals surface area contributed by atoms with Gasteiger partial charge in [-0.25, -0.2) is 0 Å². The molecule has 0 aromatic rings. The van der Waals surface area contributed by atoms with Gasteiger partial charge in [-0.1, -0.05) is 4.01 Å². The number of alkyl halides is 1. The Kier molecular flexibility index (Phi) is 0.630. The third kappa shape index (κ3) is 0.376. The van der Waals surface area contributed by atoms with Crippen molar-refractivity contribution in [2.24, 2.45) is 5.92 Å². The molecular weight excluding hydrogens is 187 g/mol. The summed E-state index contributed by atoms with van der Waals surface area (Å²) in [5.41, 5.74) is 0. The highest BCUT2D eigenvalue weighted by Gasteiger charge is 2.37. The molecule has 1 fully saturated rings. The lowest BCUT2D eigenvalue weighted by Gasteiger charge is -1.71. The predicted molar refractivity (Wildman–Crippen MR) is 36.6 cm³/mol. The fourth-order valence-corrected chi connectivity index (χ4v) is 4.32. The van der Waals surface area contributed by atoms with Crippen molar-refractivity contribution >= 4 is 24.7 Å². The van der Waals surface area contributed by atoms with Crippen LogP contribution in [0.1, 0.15) is 12.8 Å². The van der Waals surface area contributed by atoms with Crippen LogP contribution in [0.5, 0.6) is 0 Å². The Hall–Kier alpha value is 0.600. The molecule has 0 saturated heterocycles. The highest BCUT2D eigenvalue weighted by molar-refractivity contribution is 14.2. The van der Waals surface area contributed by atoms with Crippen molar-refractivity contribution in [3.05, 3.63) is 0 Å². The van der Waals surface area contributed by atoms with Crippen molar-refractivity contribution < 1.29 is 0 Å². The van der Waals surface area contributed by atoms with E-state index in [4.69, 9.17) is 0 Å². The van der Waals surface area contributed by atoms with Gasteiger partial charge < -0.3 is 0 Å². The number of rotatable bonds is 0. The van der Waals surface area contributed by atoms with E-state index in [-0.39, 0.29) is 0 Å². The summed E-state index contributed by atoms with van der Waals surface area (Å²) in [5, 5.41) is 0. The van der Waals surface area contributed by atoms with Gasteiger partial charge in [0, 0.05) is 3.92 Å². The van der Waals surface area contributed by atoms with E-state index in [1.165, 1.54) is 16.3 Å². The van der Waals surface area contributed by atoms with Gasteiger partial charge in [-0.15, -0.1) is 20.7 Å². The summed E-state index contributed by atoms with van der Waals surface area (Å²) in [6.07, 6.45) is 3.09. The average molecular weight is 194 g/mol. The van der Waals surface area contributed by atoms with Crippen LogP contribution in [-0.2, 0) is 0 Å². The second-order valence-corrected chi connectivity index (χ2v) is 5.23. The molecule has 0 spiro atoms. The summed E-state index contributed by atoms with van der Waals surface area (Å²) in [4.78, 5) is 0. The Labute approximate surface area is 47.7 Å². The molecule has 2 unspecified atom stereocenters. The molecule has 0 aromatic heterocycles. The van der Waals surface area contributed by atoms with Gasteiger partial charge in [0.1, 0.15) is 0 Å². The Morgan fingerprint density at radius 1 is 1.67 bits per heavy atom. The van der Waals surface area contributed by atoms with Crippen LogP contribution >= 0.6 is 20.7 Å². The summed E-state index contributed by atoms with van der Waals surface area (Å²) >= 11 is 0.629. The number of halogens is 1. The Bertz CT molecular complexity index is 96.1. The summed E-state index contributed by atoms with van der Waals surface area (Å²) in [6, 6.07) is 0. The molecule has 1 aliphatic carbocycles.